The van der Waals surface area contributed by atoms with Gasteiger partial charge in [0.2, 0.25) is 0 Å². The van der Waals surface area contributed by atoms with Crippen LogP contribution in [0.15, 0.2) is 36.7 Å². The molecule has 2 aromatic rings. The molecule has 0 radical (unpaired) electrons. The van der Waals surface area contributed by atoms with Crippen molar-refractivity contribution in [3.63, 3.8) is 0 Å². The Bertz CT molecular complexity index is 691. The van der Waals surface area contributed by atoms with Gasteiger partial charge in [-0.2, -0.15) is 0 Å². The number of carbonyl (C=O) groups is 1. The Hall–Kier alpha value is -2.54. The fourth-order valence-electron chi connectivity index (χ4n) is 1.60. The number of benzene rings is 1. The Morgan fingerprint density at radius 1 is 1.35 bits per heavy atom. The van der Waals surface area contributed by atoms with Crippen LogP contribution >= 0.6 is 12.2 Å². The van der Waals surface area contributed by atoms with Crippen molar-refractivity contribution in [3.05, 3.63) is 53.6 Å². The molecule has 1 aromatic carbocycles. The largest absolute Gasteiger partial charge is 0.505 e. The molecule has 4 N–H and O–H groups in total. The first kappa shape index (κ1) is 13.9. The van der Waals surface area contributed by atoms with Crippen molar-refractivity contribution in [2.45, 2.75) is 0 Å². The zero-order chi connectivity index (χ0) is 14.7. The van der Waals surface area contributed by atoms with E-state index in [0.29, 0.717) is 0 Å². The van der Waals surface area contributed by atoms with Gasteiger partial charge in [-0.3, -0.25) is 9.78 Å². The number of thiocarbonyl (C=S) groups is 1. The molecule has 0 atom stereocenters. The van der Waals surface area contributed by atoms with Crippen LogP contribution in [-0.2, 0) is 0 Å². The second-order valence-corrected chi connectivity index (χ2v) is 4.34. The number of hydrogen-bond acceptors (Lipinski definition) is 4. The fourth-order valence-corrected chi connectivity index (χ4v) is 1.77. The number of aromatic hydroxyl groups is 1. The topological polar surface area (TPSA) is 88.2 Å². The Balaban J connectivity index is 2.33. The first-order valence-electron chi connectivity index (χ1n) is 5.52. The van der Waals surface area contributed by atoms with E-state index < -0.39 is 11.7 Å². The number of amides is 1. The third kappa shape index (κ3) is 2.89. The monoisotopic (exact) mass is 291 g/mol. The summed E-state index contributed by atoms with van der Waals surface area (Å²) in [5.74, 6) is -1.35. The van der Waals surface area contributed by atoms with Gasteiger partial charge >= 0.3 is 0 Å². The summed E-state index contributed by atoms with van der Waals surface area (Å²) in [7, 11) is 0. The van der Waals surface area contributed by atoms with Crippen molar-refractivity contribution < 1.29 is 14.3 Å². The van der Waals surface area contributed by atoms with Gasteiger partial charge in [0.25, 0.3) is 5.91 Å². The highest BCUT2D eigenvalue weighted by molar-refractivity contribution is 7.80. The van der Waals surface area contributed by atoms with Gasteiger partial charge in [0.05, 0.1) is 17.4 Å². The van der Waals surface area contributed by atoms with Crippen LogP contribution in [0.5, 0.6) is 5.75 Å². The highest BCUT2D eigenvalue weighted by atomic mass is 32.1. The predicted octanol–water partition coefficient (Wildman–Crippen LogP) is 1.81. The molecule has 0 unspecified atom stereocenters. The molecule has 1 aromatic heterocycles. The lowest BCUT2D eigenvalue weighted by atomic mass is 10.1. The molecule has 0 aliphatic rings. The van der Waals surface area contributed by atoms with Gasteiger partial charge in [-0.1, -0.05) is 12.2 Å². The van der Waals surface area contributed by atoms with Gasteiger partial charge in [-0.15, -0.1) is 0 Å². The summed E-state index contributed by atoms with van der Waals surface area (Å²) < 4.78 is 13.2. The molecule has 0 aliphatic heterocycles. The van der Waals surface area contributed by atoms with Gasteiger partial charge in [-0.05, 0) is 24.3 Å². The van der Waals surface area contributed by atoms with Gasteiger partial charge in [-0.25, -0.2) is 4.39 Å². The van der Waals surface area contributed by atoms with Crippen molar-refractivity contribution in [1.82, 2.24) is 4.98 Å². The van der Waals surface area contributed by atoms with Crippen LogP contribution in [0.4, 0.5) is 10.1 Å². The van der Waals surface area contributed by atoms with Crippen LogP contribution in [0.1, 0.15) is 15.9 Å². The molecule has 1 heterocycles. The van der Waals surface area contributed by atoms with E-state index in [9.17, 15) is 14.3 Å². The molecule has 0 spiro atoms. The molecule has 5 nitrogen and oxygen atoms in total. The van der Waals surface area contributed by atoms with Crippen LogP contribution in [0.25, 0.3) is 0 Å². The number of halogens is 1. The molecule has 20 heavy (non-hydrogen) atoms. The quantitative estimate of drug-likeness (QED) is 0.751. The number of rotatable bonds is 3. The lowest BCUT2D eigenvalue weighted by Gasteiger charge is -2.10. The van der Waals surface area contributed by atoms with Crippen LogP contribution in [0, 0.1) is 5.82 Å². The molecule has 2 rings (SSSR count). The van der Waals surface area contributed by atoms with Crippen molar-refractivity contribution >= 4 is 28.8 Å². The van der Waals surface area contributed by atoms with Crippen molar-refractivity contribution in [2.75, 3.05) is 5.32 Å². The van der Waals surface area contributed by atoms with Gasteiger partial charge in [0.15, 0.2) is 0 Å². The van der Waals surface area contributed by atoms with E-state index >= 15 is 0 Å². The standard InChI is InChI=1S/C13H10FN3O2S/c14-7-1-2-10(9(5-7)12(15)20)17-13(19)8-3-4-16-6-11(8)18/h1-6,18H,(H2,15,20)(H,17,19). The van der Waals surface area contributed by atoms with Gasteiger partial charge < -0.3 is 16.2 Å². The minimum absolute atomic E-state index is 0.0400. The Labute approximate surface area is 119 Å². The summed E-state index contributed by atoms with van der Waals surface area (Å²) in [6, 6.07) is 5.00. The molecule has 0 saturated heterocycles. The normalized spacial score (nSPS) is 10.1. The summed E-state index contributed by atoms with van der Waals surface area (Å²) in [6.45, 7) is 0. The summed E-state index contributed by atoms with van der Waals surface area (Å²) in [5, 5.41) is 12.1. The molecular formula is C13H10FN3O2S. The van der Waals surface area contributed by atoms with E-state index in [2.05, 4.69) is 10.3 Å². The number of aromatic nitrogens is 1. The number of nitrogens with one attached hydrogen (secondary N) is 1. The van der Waals surface area contributed by atoms with E-state index in [1.54, 1.807) is 0 Å². The average molecular weight is 291 g/mol. The molecule has 0 saturated carbocycles. The Kier molecular flexibility index (Phi) is 3.90. The van der Waals surface area contributed by atoms with Crippen molar-refractivity contribution in [2.24, 2.45) is 5.73 Å². The van der Waals surface area contributed by atoms with E-state index in [0.717, 1.165) is 12.3 Å². The minimum atomic E-state index is -0.575. The summed E-state index contributed by atoms with van der Waals surface area (Å²) in [5.41, 5.74) is 6.00. The highest BCUT2D eigenvalue weighted by Crippen LogP contribution is 2.20. The van der Waals surface area contributed by atoms with Crippen molar-refractivity contribution in [3.8, 4) is 5.75 Å². The third-order valence-electron chi connectivity index (χ3n) is 2.54. The summed E-state index contributed by atoms with van der Waals surface area (Å²) >= 11 is 4.80. The fraction of sp³-hybridized carbons (Fsp3) is 0. The highest BCUT2D eigenvalue weighted by Gasteiger charge is 2.14. The number of hydrogen-bond donors (Lipinski definition) is 3. The lowest BCUT2D eigenvalue weighted by Crippen LogP contribution is -2.18. The molecule has 0 aliphatic carbocycles. The molecular weight excluding hydrogens is 281 g/mol. The minimum Gasteiger partial charge on any atom is -0.505 e. The number of carbonyl (C=O) groups excluding carboxylic acids is 1. The van der Waals surface area contributed by atoms with Gasteiger partial charge in [0.1, 0.15) is 16.6 Å². The first-order valence-corrected chi connectivity index (χ1v) is 5.93. The van der Waals surface area contributed by atoms with E-state index in [1.807, 2.05) is 0 Å². The number of anilines is 1. The van der Waals surface area contributed by atoms with Gasteiger partial charge in [0, 0.05) is 11.8 Å². The second kappa shape index (κ2) is 5.62. The maximum Gasteiger partial charge on any atom is 0.259 e. The molecule has 1 amide bonds. The van der Waals surface area contributed by atoms with E-state index in [4.69, 9.17) is 18.0 Å². The van der Waals surface area contributed by atoms with Crippen LogP contribution in [0.2, 0.25) is 0 Å². The molecule has 0 bridgehead atoms. The zero-order valence-electron chi connectivity index (χ0n) is 10.1. The second-order valence-electron chi connectivity index (χ2n) is 3.90. The Morgan fingerprint density at radius 2 is 2.10 bits per heavy atom. The average Bonchev–Trinajstić information content (AvgIpc) is 2.41. The number of pyridine rings is 1. The maximum absolute atomic E-state index is 13.2. The summed E-state index contributed by atoms with van der Waals surface area (Å²) in [6.07, 6.45) is 2.52. The smallest absolute Gasteiger partial charge is 0.259 e. The number of nitrogens with two attached hydrogens (primary N) is 1. The van der Waals surface area contributed by atoms with Crippen LogP contribution < -0.4 is 11.1 Å². The lowest BCUT2D eigenvalue weighted by molar-refractivity contribution is 0.102. The van der Waals surface area contributed by atoms with Crippen LogP contribution in [-0.4, -0.2) is 21.0 Å². The first-order chi connectivity index (χ1) is 9.49. The Morgan fingerprint density at radius 3 is 2.75 bits per heavy atom. The number of nitrogens with zero attached hydrogens (tertiary/aromatic N) is 1. The SMILES string of the molecule is NC(=S)c1cc(F)ccc1NC(=O)c1ccncc1O. The van der Waals surface area contributed by atoms with E-state index in [1.165, 1.54) is 24.4 Å². The summed E-state index contributed by atoms with van der Waals surface area (Å²) in [4.78, 5) is 15.6. The van der Waals surface area contributed by atoms with E-state index in [-0.39, 0.29) is 27.6 Å². The van der Waals surface area contributed by atoms with Crippen LogP contribution in [0.3, 0.4) is 0 Å². The van der Waals surface area contributed by atoms with Crippen molar-refractivity contribution in [1.29, 1.82) is 0 Å². The predicted molar refractivity (Wildman–Crippen MR) is 76.1 cm³/mol. The maximum atomic E-state index is 13.2. The third-order valence-corrected chi connectivity index (χ3v) is 2.76. The molecule has 7 heteroatoms. The zero-order valence-corrected chi connectivity index (χ0v) is 10.9. The molecule has 0 fully saturated rings. The molecule has 102 valence electrons.